The number of aliphatic hydroxyl groups excluding tert-OH is 1. The van der Waals surface area contributed by atoms with Crippen molar-refractivity contribution in [2.75, 3.05) is 20.3 Å². The first-order valence-electron chi connectivity index (χ1n) is 5.43. The van der Waals surface area contributed by atoms with Crippen LogP contribution in [0.3, 0.4) is 0 Å². The molecule has 5 nitrogen and oxygen atoms in total. The first-order chi connectivity index (χ1) is 7.47. The second kappa shape index (κ2) is 7.98. The summed E-state index contributed by atoms with van der Waals surface area (Å²) in [5, 5.41) is 15.8. The molecule has 1 rings (SSSR count). The molecular weight excluding hydrogens is 208 g/mol. The first-order valence-corrected chi connectivity index (χ1v) is 5.43. The van der Waals surface area contributed by atoms with Crippen molar-refractivity contribution in [3.8, 4) is 0 Å². The number of aliphatic hydroxyl groups is 1. The molecule has 1 atom stereocenters. The zero-order chi connectivity index (χ0) is 12.6. The fourth-order valence-electron chi connectivity index (χ4n) is 1.03. The van der Waals surface area contributed by atoms with Gasteiger partial charge in [-0.15, -0.1) is 0 Å². The number of carbonyl (C=O) groups is 1. The summed E-state index contributed by atoms with van der Waals surface area (Å²) in [7, 11) is 2.04. The molecule has 0 spiro atoms. The SMILES string of the molecule is CCCCN1C=[C-]N(C)C1.C[C@H](O)C(=O)O. The quantitative estimate of drug-likeness (QED) is 0.695. The van der Waals surface area contributed by atoms with Crippen LogP contribution in [0.4, 0.5) is 0 Å². The minimum Gasteiger partial charge on any atom is -0.540 e. The van der Waals surface area contributed by atoms with Gasteiger partial charge in [0.25, 0.3) is 0 Å². The third-order valence-electron chi connectivity index (χ3n) is 2.01. The lowest BCUT2D eigenvalue weighted by Gasteiger charge is -2.24. The van der Waals surface area contributed by atoms with E-state index in [9.17, 15) is 4.79 Å². The van der Waals surface area contributed by atoms with Gasteiger partial charge in [-0.25, -0.2) is 4.79 Å². The molecule has 2 N–H and O–H groups in total. The van der Waals surface area contributed by atoms with Gasteiger partial charge in [0.05, 0.1) is 6.67 Å². The molecule has 94 valence electrons. The molecule has 1 heterocycles. The molecule has 0 aliphatic carbocycles. The van der Waals surface area contributed by atoms with Gasteiger partial charge in [-0.1, -0.05) is 13.3 Å². The fourth-order valence-corrected chi connectivity index (χ4v) is 1.03. The molecular formula is C11H21N2O3-. The Kier molecular flexibility index (Phi) is 7.37. The molecule has 0 unspecified atom stereocenters. The van der Waals surface area contributed by atoms with Crippen molar-refractivity contribution in [2.45, 2.75) is 32.8 Å². The third-order valence-corrected chi connectivity index (χ3v) is 2.01. The van der Waals surface area contributed by atoms with E-state index >= 15 is 0 Å². The third kappa shape index (κ3) is 7.11. The van der Waals surface area contributed by atoms with Crippen molar-refractivity contribution in [3.05, 3.63) is 12.4 Å². The summed E-state index contributed by atoms with van der Waals surface area (Å²) in [6.07, 6.45) is 6.47. The number of carboxylic acid groups (broad SMARTS) is 1. The van der Waals surface area contributed by atoms with Gasteiger partial charge >= 0.3 is 5.97 Å². The van der Waals surface area contributed by atoms with Gasteiger partial charge in [0.2, 0.25) is 0 Å². The Labute approximate surface area is 97.0 Å². The van der Waals surface area contributed by atoms with Crippen LogP contribution in [-0.2, 0) is 4.79 Å². The van der Waals surface area contributed by atoms with Crippen molar-refractivity contribution >= 4 is 5.97 Å². The van der Waals surface area contributed by atoms with Crippen LogP contribution in [0.5, 0.6) is 0 Å². The predicted molar refractivity (Wildman–Crippen MR) is 61.4 cm³/mol. The Morgan fingerprint density at radius 1 is 1.62 bits per heavy atom. The summed E-state index contributed by atoms with van der Waals surface area (Å²) in [6, 6.07) is 0. The molecule has 16 heavy (non-hydrogen) atoms. The lowest BCUT2D eigenvalue weighted by molar-refractivity contribution is -0.145. The highest BCUT2D eigenvalue weighted by molar-refractivity contribution is 5.71. The normalized spacial score (nSPS) is 15.8. The lowest BCUT2D eigenvalue weighted by Crippen LogP contribution is -2.23. The molecule has 1 aliphatic heterocycles. The molecule has 1 aliphatic rings. The minimum absolute atomic E-state index is 1.01. The molecule has 5 heteroatoms. The summed E-state index contributed by atoms with van der Waals surface area (Å²) >= 11 is 0. The molecule has 0 aromatic heterocycles. The zero-order valence-corrected chi connectivity index (χ0v) is 10.2. The molecule has 0 saturated heterocycles. The molecule has 0 saturated carbocycles. The van der Waals surface area contributed by atoms with Crippen molar-refractivity contribution in [1.29, 1.82) is 0 Å². The number of rotatable bonds is 4. The van der Waals surface area contributed by atoms with Crippen molar-refractivity contribution in [3.63, 3.8) is 0 Å². The highest BCUT2D eigenvalue weighted by atomic mass is 16.4. The second-order valence-corrected chi connectivity index (χ2v) is 3.78. The fraction of sp³-hybridized carbons (Fsp3) is 0.727. The van der Waals surface area contributed by atoms with Gasteiger partial charge in [-0.3, -0.25) is 0 Å². The maximum absolute atomic E-state index is 9.45. The maximum Gasteiger partial charge on any atom is 0.332 e. The van der Waals surface area contributed by atoms with Crippen LogP contribution in [0, 0.1) is 6.20 Å². The Balaban J connectivity index is 0.000000325. The topological polar surface area (TPSA) is 64.0 Å². The number of carboxylic acids is 1. The molecule has 0 aromatic carbocycles. The van der Waals surface area contributed by atoms with E-state index in [1.807, 2.05) is 13.2 Å². The van der Waals surface area contributed by atoms with Gasteiger partial charge < -0.3 is 26.2 Å². The number of nitrogens with zero attached hydrogens (tertiary/aromatic N) is 2. The Morgan fingerprint density at radius 2 is 2.19 bits per heavy atom. The maximum atomic E-state index is 9.45. The summed E-state index contributed by atoms with van der Waals surface area (Å²) in [4.78, 5) is 13.8. The van der Waals surface area contributed by atoms with E-state index in [0.717, 1.165) is 6.67 Å². The lowest BCUT2D eigenvalue weighted by atomic mass is 10.3. The Hall–Kier alpha value is -1.23. The number of hydrogen-bond donors (Lipinski definition) is 2. The number of unbranched alkanes of at least 4 members (excludes halogenated alkanes) is 1. The van der Waals surface area contributed by atoms with Gasteiger partial charge in [0.15, 0.2) is 0 Å². The van der Waals surface area contributed by atoms with Crippen LogP contribution in [0.15, 0.2) is 6.20 Å². The molecule has 0 amide bonds. The van der Waals surface area contributed by atoms with Gasteiger partial charge in [-0.2, -0.15) is 6.20 Å². The zero-order valence-electron chi connectivity index (χ0n) is 10.2. The molecule has 0 bridgehead atoms. The van der Waals surface area contributed by atoms with E-state index in [1.54, 1.807) is 0 Å². The Morgan fingerprint density at radius 3 is 2.50 bits per heavy atom. The summed E-state index contributed by atoms with van der Waals surface area (Å²) in [6.45, 7) is 5.60. The van der Waals surface area contributed by atoms with Crippen molar-refractivity contribution < 1.29 is 15.0 Å². The van der Waals surface area contributed by atoms with Crippen LogP contribution in [0.1, 0.15) is 26.7 Å². The van der Waals surface area contributed by atoms with Crippen LogP contribution < -0.4 is 0 Å². The van der Waals surface area contributed by atoms with Crippen molar-refractivity contribution in [2.24, 2.45) is 0 Å². The smallest absolute Gasteiger partial charge is 0.332 e. The van der Waals surface area contributed by atoms with Crippen LogP contribution in [0.25, 0.3) is 0 Å². The molecule has 0 radical (unpaired) electrons. The van der Waals surface area contributed by atoms with Gasteiger partial charge in [-0.05, 0) is 20.4 Å². The second-order valence-electron chi connectivity index (χ2n) is 3.78. The van der Waals surface area contributed by atoms with E-state index in [0.29, 0.717) is 0 Å². The summed E-state index contributed by atoms with van der Waals surface area (Å²) < 4.78 is 0. The average Bonchev–Trinajstić information content (AvgIpc) is 2.62. The number of hydrogen-bond acceptors (Lipinski definition) is 4. The van der Waals surface area contributed by atoms with E-state index < -0.39 is 12.1 Å². The van der Waals surface area contributed by atoms with E-state index in [1.165, 1.54) is 26.3 Å². The largest absolute Gasteiger partial charge is 0.540 e. The predicted octanol–water partition coefficient (Wildman–Crippen LogP) is 0.718. The summed E-state index contributed by atoms with van der Waals surface area (Å²) in [5.74, 6) is -1.19. The van der Waals surface area contributed by atoms with Crippen molar-refractivity contribution in [1.82, 2.24) is 9.80 Å². The molecule has 0 aromatic rings. The number of aliphatic carboxylic acids is 1. The van der Waals surface area contributed by atoms with Crippen LogP contribution in [0.2, 0.25) is 0 Å². The van der Waals surface area contributed by atoms with Crippen LogP contribution >= 0.6 is 0 Å². The van der Waals surface area contributed by atoms with E-state index in [4.69, 9.17) is 10.2 Å². The summed E-state index contributed by atoms with van der Waals surface area (Å²) in [5.41, 5.74) is 0. The highest BCUT2D eigenvalue weighted by Crippen LogP contribution is 2.03. The monoisotopic (exact) mass is 229 g/mol. The van der Waals surface area contributed by atoms with Gasteiger partial charge in [0, 0.05) is 6.54 Å². The highest BCUT2D eigenvalue weighted by Gasteiger charge is 2.01. The van der Waals surface area contributed by atoms with Crippen LogP contribution in [-0.4, -0.2) is 52.3 Å². The molecule has 0 fully saturated rings. The standard InChI is InChI=1S/C8H15N2.C3H6O3/c1-3-4-5-10-7-6-9(2)8-10;1-2(4)3(5)6/h7H,3-5,8H2,1-2H3;2,4H,1H3,(H,5,6)/q-1;/t;2-/m.0/s1. The average molecular weight is 229 g/mol. The van der Waals surface area contributed by atoms with Gasteiger partial charge in [0.1, 0.15) is 6.10 Å². The Bertz CT molecular complexity index is 229. The first kappa shape index (κ1) is 14.8. The minimum atomic E-state index is -1.23. The van der Waals surface area contributed by atoms with E-state index in [-0.39, 0.29) is 0 Å². The van der Waals surface area contributed by atoms with E-state index in [2.05, 4.69) is 22.9 Å².